The predicted octanol–water partition coefficient (Wildman–Crippen LogP) is 4.25. The fraction of sp³-hybridized carbons (Fsp3) is 0.200. The fourth-order valence-electron chi connectivity index (χ4n) is 3.12. The summed E-state index contributed by atoms with van der Waals surface area (Å²) < 4.78 is 2.98. The summed E-state index contributed by atoms with van der Waals surface area (Å²) in [5.41, 5.74) is 3.62. The van der Waals surface area contributed by atoms with Gasteiger partial charge >= 0.3 is 0 Å². The van der Waals surface area contributed by atoms with Crippen LogP contribution in [0.2, 0.25) is 0 Å². The van der Waals surface area contributed by atoms with Crippen molar-refractivity contribution in [2.75, 3.05) is 5.75 Å². The lowest BCUT2D eigenvalue weighted by molar-refractivity contribution is -0.119. The zero-order valence-electron chi connectivity index (χ0n) is 15.4. The Morgan fingerprint density at radius 2 is 2.00 bits per heavy atom. The van der Waals surface area contributed by atoms with E-state index in [1.807, 2.05) is 67.1 Å². The second kappa shape index (κ2) is 7.89. The molecule has 0 saturated heterocycles. The number of fused-ring (bicyclic) bond motifs is 3. The average Bonchev–Trinajstić information content (AvgIpc) is 2.98. The largest absolute Gasteiger partial charge is 0.349 e. The molecule has 8 heteroatoms. The third-order valence-electron chi connectivity index (χ3n) is 4.55. The molecule has 2 aromatic carbocycles. The van der Waals surface area contributed by atoms with Crippen LogP contribution in [0.25, 0.3) is 22.1 Å². The number of carbonyl (C=O) groups excluding carboxylic acids is 1. The van der Waals surface area contributed by atoms with E-state index in [1.54, 1.807) is 0 Å². The number of nitrogens with zero attached hydrogens (tertiary/aromatic N) is 4. The van der Waals surface area contributed by atoms with Crippen LogP contribution in [0.5, 0.6) is 0 Å². The Hall–Kier alpha value is -2.45. The molecule has 0 spiro atoms. The molecule has 0 unspecified atom stereocenters. The van der Waals surface area contributed by atoms with Gasteiger partial charge in [-0.25, -0.2) is 4.98 Å². The molecule has 1 amide bonds. The summed E-state index contributed by atoms with van der Waals surface area (Å²) in [5.74, 6) is 0.172. The van der Waals surface area contributed by atoms with Crippen molar-refractivity contribution in [1.82, 2.24) is 25.1 Å². The minimum absolute atomic E-state index is 0.0487. The monoisotopic (exact) mass is 455 g/mol. The molecule has 0 aliphatic rings. The first-order valence-corrected chi connectivity index (χ1v) is 10.6. The van der Waals surface area contributed by atoms with E-state index < -0.39 is 0 Å². The number of hydrogen-bond acceptors (Lipinski definition) is 5. The van der Waals surface area contributed by atoms with Crippen LogP contribution in [0.1, 0.15) is 18.5 Å². The molecule has 2 heterocycles. The van der Waals surface area contributed by atoms with Crippen LogP contribution in [0.15, 0.2) is 58.2 Å². The van der Waals surface area contributed by atoms with Gasteiger partial charge in [-0.05, 0) is 30.7 Å². The quantitative estimate of drug-likeness (QED) is 0.455. The maximum absolute atomic E-state index is 12.3. The Bertz CT molecular complexity index is 1160. The number of aromatic nitrogens is 4. The van der Waals surface area contributed by atoms with Crippen molar-refractivity contribution in [2.24, 2.45) is 7.05 Å². The summed E-state index contributed by atoms with van der Waals surface area (Å²) in [5, 5.41) is 13.0. The number of hydrogen-bond donors (Lipinski definition) is 1. The third-order valence-corrected chi connectivity index (χ3v) is 5.88. The first-order valence-electron chi connectivity index (χ1n) is 8.78. The summed E-state index contributed by atoms with van der Waals surface area (Å²) >= 11 is 4.78. The van der Waals surface area contributed by atoms with E-state index in [1.165, 1.54) is 11.8 Å². The number of halogens is 1. The highest BCUT2D eigenvalue weighted by atomic mass is 79.9. The second-order valence-corrected chi connectivity index (χ2v) is 8.33. The lowest BCUT2D eigenvalue weighted by atomic mass is 10.1. The van der Waals surface area contributed by atoms with Gasteiger partial charge in [0.05, 0.1) is 17.3 Å². The zero-order valence-corrected chi connectivity index (χ0v) is 17.8. The first-order chi connectivity index (χ1) is 13.5. The number of thioether (sulfide) groups is 1. The normalized spacial score (nSPS) is 12.4. The molecular formula is C20H18BrN5OS. The SMILES string of the molecule is C[C@H](NC(=O)CSc1nnc2c3cc(Br)ccc3n(C)c2n1)c1ccccc1. The second-order valence-electron chi connectivity index (χ2n) is 6.48. The summed E-state index contributed by atoms with van der Waals surface area (Å²) in [6.45, 7) is 1.97. The Morgan fingerprint density at radius 1 is 1.21 bits per heavy atom. The Morgan fingerprint density at radius 3 is 2.79 bits per heavy atom. The summed E-state index contributed by atoms with van der Waals surface area (Å²) in [7, 11) is 1.95. The molecule has 0 fully saturated rings. The number of nitrogens with one attached hydrogen (secondary N) is 1. The highest BCUT2D eigenvalue weighted by Gasteiger charge is 2.15. The third kappa shape index (κ3) is 3.74. The molecule has 1 N–H and O–H groups in total. The summed E-state index contributed by atoms with van der Waals surface area (Å²) in [6.07, 6.45) is 0. The number of benzene rings is 2. The van der Waals surface area contributed by atoms with E-state index >= 15 is 0 Å². The number of carbonyl (C=O) groups is 1. The summed E-state index contributed by atoms with van der Waals surface area (Å²) in [6, 6.07) is 15.9. The van der Waals surface area contributed by atoms with E-state index in [0.717, 1.165) is 32.1 Å². The van der Waals surface area contributed by atoms with Gasteiger partial charge in [-0.15, -0.1) is 10.2 Å². The van der Waals surface area contributed by atoms with E-state index in [9.17, 15) is 4.79 Å². The minimum Gasteiger partial charge on any atom is -0.349 e. The van der Waals surface area contributed by atoms with Crippen molar-refractivity contribution in [1.29, 1.82) is 0 Å². The molecule has 0 aliphatic heterocycles. The van der Waals surface area contributed by atoms with Crippen molar-refractivity contribution in [3.8, 4) is 0 Å². The molecule has 1 atom stereocenters. The van der Waals surface area contributed by atoms with Crippen LogP contribution in [0.4, 0.5) is 0 Å². The van der Waals surface area contributed by atoms with Gasteiger partial charge in [-0.2, -0.15) is 0 Å². The molecule has 0 radical (unpaired) electrons. The Balaban J connectivity index is 1.48. The van der Waals surface area contributed by atoms with Gasteiger partial charge in [0.1, 0.15) is 5.52 Å². The van der Waals surface area contributed by atoms with Crippen LogP contribution >= 0.6 is 27.7 Å². The van der Waals surface area contributed by atoms with Gasteiger partial charge < -0.3 is 9.88 Å². The maximum Gasteiger partial charge on any atom is 0.230 e. The number of aryl methyl sites for hydroxylation is 1. The highest BCUT2D eigenvalue weighted by molar-refractivity contribution is 9.10. The Kier molecular flexibility index (Phi) is 5.32. The number of amides is 1. The van der Waals surface area contributed by atoms with E-state index in [-0.39, 0.29) is 17.7 Å². The first kappa shape index (κ1) is 18.9. The van der Waals surface area contributed by atoms with Crippen molar-refractivity contribution in [3.63, 3.8) is 0 Å². The summed E-state index contributed by atoms with van der Waals surface area (Å²) in [4.78, 5) is 16.9. The standard InChI is InChI=1S/C20H18BrN5OS/c1-12(13-6-4-3-5-7-13)22-17(27)11-28-20-23-19-18(24-25-20)15-10-14(21)8-9-16(15)26(19)2/h3-10,12H,11H2,1-2H3,(H,22,27)/t12-/m0/s1. The van der Waals surface area contributed by atoms with E-state index in [2.05, 4.69) is 36.4 Å². The van der Waals surface area contributed by atoms with Crippen LogP contribution < -0.4 is 5.32 Å². The van der Waals surface area contributed by atoms with Crippen LogP contribution in [-0.4, -0.2) is 31.4 Å². The molecule has 28 heavy (non-hydrogen) atoms. The Labute approximate surface area is 174 Å². The van der Waals surface area contributed by atoms with Gasteiger partial charge in [0, 0.05) is 16.9 Å². The van der Waals surface area contributed by atoms with Crippen molar-refractivity contribution < 1.29 is 4.79 Å². The molecule has 0 aliphatic carbocycles. The van der Waals surface area contributed by atoms with Crippen LogP contribution in [0, 0.1) is 0 Å². The molecule has 4 aromatic rings. The topological polar surface area (TPSA) is 72.7 Å². The van der Waals surface area contributed by atoms with Gasteiger partial charge in [0.2, 0.25) is 11.1 Å². The molecule has 0 saturated carbocycles. The van der Waals surface area contributed by atoms with Gasteiger partial charge in [0.15, 0.2) is 5.65 Å². The van der Waals surface area contributed by atoms with Crippen molar-refractivity contribution in [2.45, 2.75) is 18.1 Å². The van der Waals surface area contributed by atoms with Crippen LogP contribution in [0.3, 0.4) is 0 Å². The molecule has 142 valence electrons. The van der Waals surface area contributed by atoms with Crippen molar-refractivity contribution >= 4 is 55.7 Å². The lowest BCUT2D eigenvalue weighted by Gasteiger charge is -2.13. The molecule has 4 rings (SSSR count). The average molecular weight is 456 g/mol. The fourth-order valence-corrected chi connectivity index (χ4v) is 4.07. The minimum atomic E-state index is -0.0639. The lowest BCUT2D eigenvalue weighted by Crippen LogP contribution is -2.28. The van der Waals surface area contributed by atoms with Gasteiger partial charge in [-0.3, -0.25) is 4.79 Å². The van der Waals surface area contributed by atoms with Gasteiger partial charge in [-0.1, -0.05) is 58.0 Å². The predicted molar refractivity (Wildman–Crippen MR) is 115 cm³/mol. The van der Waals surface area contributed by atoms with Gasteiger partial charge in [0.25, 0.3) is 0 Å². The van der Waals surface area contributed by atoms with E-state index in [0.29, 0.717) is 5.16 Å². The number of rotatable bonds is 5. The highest BCUT2D eigenvalue weighted by Crippen LogP contribution is 2.28. The maximum atomic E-state index is 12.3. The van der Waals surface area contributed by atoms with Crippen LogP contribution in [-0.2, 0) is 11.8 Å². The molecule has 2 aromatic heterocycles. The zero-order chi connectivity index (χ0) is 19.7. The molecule has 6 nitrogen and oxygen atoms in total. The molecule has 0 bridgehead atoms. The molecular weight excluding hydrogens is 438 g/mol. The smallest absolute Gasteiger partial charge is 0.230 e. The van der Waals surface area contributed by atoms with E-state index in [4.69, 9.17) is 0 Å². The van der Waals surface area contributed by atoms with Crippen molar-refractivity contribution in [3.05, 3.63) is 58.6 Å².